The Morgan fingerprint density at radius 3 is 2.86 bits per heavy atom. The van der Waals surface area contributed by atoms with Gasteiger partial charge < -0.3 is 25.8 Å². The molecule has 0 radical (unpaired) electrons. The van der Waals surface area contributed by atoms with Gasteiger partial charge >= 0.3 is 5.65 Å². The zero-order valence-electron chi connectivity index (χ0n) is 11.2. The van der Waals surface area contributed by atoms with E-state index in [4.69, 9.17) is 15.6 Å². The highest BCUT2D eigenvalue weighted by Gasteiger charge is 2.47. The number of aliphatic hydroxyl groups is 3. The van der Waals surface area contributed by atoms with Gasteiger partial charge in [0.15, 0.2) is 0 Å². The van der Waals surface area contributed by atoms with Gasteiger partial charge in [0.25, 0.3) is 5.52 Å². The number of hydrogen-bond acceptors (Lipinski definition) is 8. The van der Waals surface area contributed by atoms with Crippen LogP contribution in [0.25, 0.3) is 11.2 Å². The van der Waals surface area contributed by atoms with E-state index in [0.29, 0.717) is 17.0 Å². The molecule has 3 rings (SSSR count). The van der Waals surface area contributed by atoms with E-state index in [9.17, 15) is 10.2 Å². The summed E-state index contributed by atoms with van der Waals surface area (Å²) in [5.74, 6) is 0.314. The average Bonchev–Trinajstić information content (AvgIpc) is 3.01. The molecule has 4 atom stereocenters. The molecule has 1 aliphatic heterocycles. The Bertz CT molecular complexity index is 665. The first-order valence-electron chi connectivity index (χ1n) is 6.29. The molecule has 0 aliphatic carbocycles. The van der Waals surface area contributed by atoms with Crippen LogP contribution in [0.5, 0.6) is 0 Å². The maximum Gasteiger partial charge on any atom is 0.330 e. The molecule has 0 saturated carbocycles. The van der Waals surface area contributed by atoms with E-state index in [1.165, 1.54) is 16.4 Å². The van der Waals surface area contributed by atoms with Crippen molar-refractivity contribution in [1.29, 1.82) is 0 Å². The second-order valence-electron chi connectivity index (χ2n) is 4.73. The fourth-order valence-corrected chi connectivity index (χ4v) is 2.94. The van der Waals surface area contributed by atoms with E-state index in [2.05, 4.69) is 15.3 Å². The Labute approximate surface area is 123 Å². The second kappa shape index (κ2) is 5.39. The molecule has 0 amide bonds. The molecule has 21 heavy (non-hydrogen) atoms. The number of anilines is 1. The van der Waals surface area contributed by atoms with Gasteiger partial charge in [0.05, 0.1) is 11.5 Å². The molecule has 1 aliphatic rings. The average molecular weight is 314 g/mol. The number of nitrogens with one attached hydrogen (secondary N) is 1. The lowest BCUT2D eigenvalue weighted by molar-refractivity contribution is -0.795. The first-order valence-corrected chi connectivity index (χ1v) is 7.52. The van der Waals surface area contributed by atoms with Crippen LogP contribution in [-0.2, 0) is 4.74 Å². The summed E-state index contributed by atoms with van der Waals surface area (Å²) in [5, 5.41) is 35.9. The molecule has 0 aromatic carbocycles. The molecular formula is C11H16N5O4S+. The topological polar surface area (TPSA) is 141 Å². The smallest absolute Gasteiger partial charge is 0.330 e. The fourth-order valence-electron chi connectivity index (χ4n) is 2.37. The summed E-state index contributed by atoms with van der Waals surface area (Å²) in [7, 11) is 0. The van der Waals surface area contributed by atoms with E-state index < -0.39 is 31.1 Å². The van der Waals surface area contributed by atoms with Gasteiger partial charge in [-0.05, 0) is 11.4 Å². The van der Waals surface area contributed by atoms with Crippen molar-refractivity contribution in [3.63, 3.8) is 0 Å². The maximum absolute atomic E-state index is 10.1. The molecule has 1 fully saturated rings. The number of rotatable bonds is 3. The highest BCUT2D eigenvalue weighted by Crippen LogP contribution is 2.28. The van der Waals surface area contributed by atoms with Crippen molar-refractivity contribution >= 4 is 28.7 Å². The molecule has 6 N–H and O–H groups in total. The van der Waals surface area contributed by atoms with E-state index in [1.54, 1.807) is 6.07 Å². The van der Waals surface area contributed by atoms with Crippen LogP contribution in [0, 0.1) is 0 Å². The van der Waals surface area contributed by atoms with E-state index in [1.807, 2.05) is 6.26 Å². The number of ether oxygens (including phenoxy) is 1. The highest BCUT2D eigenvalue weighted by molar-refractivity contribution is 7.98. The van der Waals surface area contributed by atoms with Gasteiger partial charge in [-0.15, -0.1) is 21.7 Å². The molecule has 10 heteroatoms. The van der Waals surface area contributed by atoms with Crippen LogP contribution in [0.15, 0.2) is 11.0 Å². The molecule has 0 spiro atoms. The van der Waals surface area contributed by atoms with Crippen LogP contribution < -0.4 is 10.4 Å². The Morgan fingerprint density at radius 1 is 1.48 bits per heavy atom. The highest BCUT2D eigenvalue weighted by atomic mass is 32.2. The van der Waals surface area contributed by atoms with E-state index in [-0.39, 0.29) is 0 Å². The van der Waals surface area contributed by atoms with Crippen LogP contribution in [0.1, 0.15) is 6.23 Å². The largest absolute Gasteiger partial charge is 0.394 e. The maximum atomic E-state index is 10.1. The summed E-state index contributed by atoms with van der Waals surface area (Å²) in [5.41, 5.74) is 6.77. The number of aliphatic hydroxyl groups excluding tert-OH is 3. The molecule has 2 aromatic rings. The molecule has 114 valence electrons. The second-order valence-corrected chi connectivity index (χ2v) is 5.58. The van der Waals surface area contributed by atoms with Crippen molar-refractivity contribution in [2.24, 2.45) is 0 Å². The lowest BCUT2D eigenvalue weighted by Gasteiger charge is -2.11. The lowest BCUT2D eigenvalue weighted by atomic mass is 10.1. The molecule has 0 bridgehead atoms. The summed E-state index contributed by atoms with van der Waals surface area (Å²) in [4.78, 5) is 5.03. The van der Waals surface area contributed by atoms with E-state index >= 15 is 0 Å². The number of nitrogens with two attached hydrogens (primary N) is 1. The number of H-pyrrole nitrogens is 1. The number of nitrogen functional groups attached to an aromatic ring is 1. The number of fused-ring (bicyclic) bond motifs is 1. The number of aromatic amines is 1. The fraction of sp³-hybridized carbons (Fsp3) is 0.545. The number of hydrogen-bond donors (Lipinski definition) is 5. The minimum absolute atomic E-state index is 0.314. The van der Waals surface area contributed by atoms with Gasteiger partial charge in [-0.1, -0.05) is 4.98 Å². The SMILES string of the molecule is CSc1cc(N)nc2c1n[nH][n+]2C1OC(CO)C(O)C1O. The first kappa shape index (κ1) is 14.5. The van der Waals surface area contributed by atoms with Crippen molar-refractivity contribution in [1.82, 2.24) is 15.3 Å². The summed E-state index contributed by atoms with van der Waals surface area (Å²) >= 11 is 1.47. The molecule has 2 aromatic heterocycles. The zero-order chi connectivity index (χ0) is 15.1. The van der Waals surface area contributed by atoms with Crippen molar-refractivity contribution in [3.05, 3.63) is 6.07 Å². The van der Waals surface area contributed by atoms with Gasteiger partial charge in [0, 0.05) is 6.07 Å². The summed E-state index contributed by atoms with van der Waals surface area (Å²) in [6.07, 6.45) is -2.30. The minimum atomic E-state index is -1.21. The van der Waals surface area contributed by atoms with E-state index in [0.717, 1.165) is 4.90 Å². The van der Waals surface area contributed by atoms with Crippen LogP contribution >= 0.6 is 11.8 Å². The minimum Gasteiger partial charge on any atom is -0.394 e. The van der Waals surface area contributed by atoms with Gasteiger partial charge in [-0.2, -0.15) is 0 Å². The predicted molar refractivity (Wildman–Crippen MR) is 73.3 cm³/mol. The Kier molecular flexibility index (Phi) is 3.71. The van der Waals surface area contributed by atoms with Crippen LogP contribution in [0.3, 0.4) is 0 Å². The number of thioether (sulfide) groups is 1. The first-order chi connectivity index (χ1) is 10.1. The third kappa shape index (κ3) is 2.24. The van der Waals surface area contributed by atoms with Gasteiger partial charge in [-0.3, -0.25) is 0 Å². The van der Waals surface area contributed by atoms with Crippen molar-refractivity contribution in [3.8, 4) is 0 Å². The summed E-state index contributed by atoms with van der Waals surface area (Å²) < 4.78 is 6.85. The third-order valence-corrected chi connectivity index (χ3v) is 4.20. The molecule has 4 unspecified atom stereocenters. The van der Waals surface area contributed by atoms with Gasteiger partial charge in [0.2, 0.25) is 12.0 Å². The molecule has 1 saturated heterocycles. The molecule has 3 heterocycles. The van der Waals surface area contributed by atoms with Crippen LogP contribution in [0.2, 0.25) is 0 Å². The zero-order valence-corrected chi connectivity index (χ0v) is 12.0. The third-order valence-electron chi connectivity index (χ3n) is 3.45. The van der Waals surface area contributed by atoms with Gasteiger partial charge in [0.1, 0.15) is 18.3 Å². The Hall–Kier alpha value is -1.46. The predicted octanol–water partition coefficient (Wildman–Crippen LogP) is -1.84. The Morgan fingerprint density at radius 2 is 2.24 bits per heavy atom. The van der Waals surface area contributed by atoms with Gasteiger partial charge in [-0.25, -0.2) is 0 Å². The van der Waals surface area contributed by atoms with Crippen molar-refractivity contribution in [2.45, 2.75) is 29.4 Å². The number of aromatic nitrogens is 4. The quantitative estimate of drug-likeness (QED) is 0.329. The Balaban J connectivity index is 2.07. The summed E-state index contributed by atoms with van der Waals surface area (Å²) in [6, 6.07) is 1.70. The number of pyridine rings is 1. The van der Waals surface area contributed by atoms with Crippen molar-refractivity contribution < 1.29 is 24.7 Å². The van der Waals surface area contributed by atoms with Crippen molar-refractivity contribution in [2.75, 3.05) is 18.6 Å². The number of nitrogens with zero attached hydrogens (tertiary/aromatic N) is 3. The normalized spacial score (nSPS) is 29.3. The monoisotopic (exact) mass is 314 g/mol. The molecular weight excluding hydrogens is 298 g/mol. The summed E-state index contributed by atoms with van der Waals surface area (Å²) in [6.45, 7) is -0.396. The molecule has 9 nitrogen and oxygen atoms in total. The standard InChI is InChI=1S/C11H15N5O4S/c1-21-5-2-6(12)13-10-7(5)14-15-16(10)11-9(19)8(18)4(3-17)20-11/h2,4,8-9,11,17-19H,3H2,1H3,(H2,12,13,15)/p+1. The van der Waals surface area contributed by atoms with Crippen LogP contribution in [0.4, 0.5) is 5.82 Å². The lowest BCUT2D eigenvalue weighted by Crippen LogP contribution is -2.48. The van der Waals surface area contributed by atoms with Crippen LogP contribution in [-0.4, -0.2) is 61.8 Å².